The standard InChI is InChI=1S/C27H24N4O3S/c28-19-27(13-1-2-14-27)22-6-10-24(11-7-22)35(33,34)23-8-3-20(4-9-23)5-12-25(32)21-17-30-26-29-15-16-31(26)18-21/h3-4,6-11,15-18H,1-2,5,12-14H2. The lowest BCUT2D eigenvalue weighted by atomic mass is 9.80. The second-order valence-electron chi connectivity index (χ2n) is 8.97. The first-order chi connectivity index (χ1) is 16.9. The van der Waals surface area contributed by atoms with E-state index in [2.05, 4.69) is 16.0 Å². The number of hydrogen-bond donors (Lipinski definition) is 0. The molecule has 2 aromatic carbocycles. The van der Waals surface area contributed by atoms with Crippen LogP contribution in [0, 0.1) is 11.3 Å². The van der Waals surface area contributed by atoms with Crippen molar-refractivity contribution in [1.82, 2.24) is 14.4 Å². The Bertz CT molecular complexity index is 1530. The van der Waals surface area contributed by atoms with Crippen molar-refractivity contribution in [3.05, 3.63) is 90.0 Å². The molecular weight excluding hydrogens is 460 g/mol. The molecule has 0 aliphatic heterocycles. The maximum Gasteiger partial charge on any atom is 0.233 e. The van der Waals surface area contributed by atoms with Crippen LogP contribution < -0.4 is 0 Å². The fourth-order valence-electron chi connectivity index (χ4n) is 4.73. The molecule has 0 atom stereocenters. The predicted molar refractivity (Wildman–Crippen MR) is 130 cm³/mol. The molecule has 176 valence electrons. The summed E-state index contributed by atoms with van der Waals surface area (Å²) in [6.07, 6.45) is 11.0. The number of rotatable bonds is 7. The zero-order valence-electron chi connectivity index (χ0n) is 19.1. The molecule has 5 rings (SSSR count). The Hall–Kier alpha value is -3.83. The smallest absolute Gasteiger partial charge is 0.233 e. The van der Waals surface area contributed by atoms with Crippen molar-refractivity contribution in [3.63, 3.8) is 0 Å². The van der Waals surface area contributed by atoms with E-state index in [1.165, 1.54) is 6.20 Å². The summed E-state index contributed by atoms with van der Waals surface area (Å²) in [4.78, 5) is 21.2. The number of sulfone groups is 1. The van der Waals surface area contributed by atoms with Gasteiger partial charge < -0.3 is 0 Å². The average molecular weight is 485 g/mol. The van der Waals surface area contributed by atoms with Gasteiger partial charge >= 0.3 is 0 Å². The van der Waals surface area contributed by atoms with Gasteiger partial charge in [-0.3, -0.25) is 9.20 Å². The second kappa shape index (κ2) is 9.08. The van der Waals surface area contributed by atoms with E-state index < -0.39 is 15.3 Å². The van der Waals surface area contributed by atoms with Crippen LogP contribution in [0.25, 0.3) is 5.78 Å². The number of Topliss-reactive ketones (excluding diaryl/α,β-unsaturated/α-hetero) is 1. The van der Waals surface area contributed by atoms with E-state index in [0.29, 0.717) is 17.8 Å². The molecule has 2 heterocycles. The summed E-state index contributed by atoms with van der Waals surface area (Å²) in [5.41, 5.74) is 1.77. The number of carbonyl (C=O) groups excluding carboxylic acids is 1. The first-order valence-corrected chi connectivity index (χ1v) is 13.1. The summed E-state index contributed by atoms with van der Waals surface area (Å²) in [5, 5.41) is 9.68. The van der Waals surface area contributed by atoms with Crippen LogP contribution in [0.2, 0.25) is 0 Å². The number of nitrogens with zero attached hydrogens (tertiary/aromatic N) is 4. The van der Waals surface area contributed by atoms with Gasteiger partial charge in [0.2, 0.25) is 15.6 Å². The van der Waals surface area contributed by atoms with Gasteiger partial charge in [0.25, 0.3) is 0 Å². The van der Waals surface area contributed by atoms with E-state index in [1.54, 1.807) is 71.5 Å². The Morgan fingerprint density at radius 1 is 1.00 bits per heavy atom. The molecule has 1 aliphatic carbocycles. The minimum absolute atomic E-state index is 0.0395. The third-order valence-electron chi connectivity index (χ3n) is 6.83. The SMILES string of the molecule is N#CC1(c2ccc(S(=O)(=O)c3ccc(CCC(=O)c4cnc5nccn5c4)cc3)cc2)CCCC1. The molecule has 1 aliphatic rings. The molecule has 1 saturated carbocycles. The third kappa shape index (κ3) is 4.35. The number of hydrogen-bond acceptors (Lipinski definition) is 6. The van der Waals surface area contributed by atoms with Crippen LogP contribution in [0.1, 0.15) is 53.6 Å². The largest absolute Gasteiger partial charge is 0.294 e. The normalized spacial score (nSPS) is 15.2. The molecule has 0 unspecified atom stereocenters. The number of aromatic nitrogens is 3. The van der Waals surface area contributed by atoms with Gasteiger partial charge in [0.1, 0.15) is 0 Å². The zero-order valence-corrected chi connectivity index (χ0v) is 19.9. The summed E-state index contributed by atoms with van der Waals surface area (Å²) in [6, 6.07) is 15.8. The Morgan fingerprint density at radius 3 is 2.31 bits per heavy atom. The van der Waals surface area contributed by atoms with Gasteiger partial charge in [0.05, 0.1) is 26.8 Å². The topological polar surface area (TPSA) is 105 Å². The van der Waals surface area contributed by atoms with E-state index >= 15 is 0 Å². The van der Waals surface area contributed by atoms with Crippen molar-refractivity contribution < 1.29 is 13.2 Å². The third-order valence-corrected chi connectivity index (χ3v) is 8.62. The molecule has 8 heteroatoms. The number of benzene rings is 2. The Labute approximate surface area is 204 Å². The first-order valence-electron chi connectivity index (χ1n) is 11.6. The van der Waals surface area contributed by atoms with Crippen molar-refractivity contribution in [2.24, 2.45) is 0 Å². The van der Waals surface area contributed by atoms with Crippen LogP contribution in [0.3, 0.4) is 0 Å². The number of ketones is 1. The van der Waals surface area contributed by atoms with Crippen LogP contribution in [-0.4, -0.2) is 28.6 Å². The Balaban J connectivity index is 1.27. The molecule has 0 bridgehead atoms. The van der Waals surface area contributed by atoms with Gasteiger partial charge in [0.15, 0.2) is 5.78 Å². The molecule has 0 saturated heterocycles. The molecule has 0 N–H and O–H groups in total. The predicted octanol–water partition coefficient (Wildman–Crippen LogP) is 4.71. The van der Waals surface area contributed by atoms with Gasteiger partial charge in [0, 0.05) is 31.2 Å². The van der Waals surface area contributed by atoms with Crippen molar-refractivity contribution in [2.75, 3.05) is 0 Å². The van der Waals surface area contributed by atoms with Crippen LogP contribution >= 0.6 is 0 Å². The first kappa shape index (κ1) is 22.9. The molecule has 0 spiro atoms. The molecule has 1 fully saturated rings. The van der Waals surface area contributed by atoms with Crippen molar-refractivity contribution in [1.29, 1.82) is 5.26 Å². The average Bonchev–Trinajstić information content (AvgIpc) is 3.57. The van der Waals surface area contributed by atoms with Crippen LogP contribution in [0.5, 0.6) is 0 Å². The number of aryl methyl sites for hydroxylation is 1. The maximum absolute atomic E-state index is 13.1. The molecule has 4 aromatic rings. The molecular formula is C27H24N4O3S. The van der Waals surface area contributed by atoms with E-state index in [1.807, 2.05) is 0 Å². The monoisotopic (exact) mass is 484 g/mol. The summed E-state index contributed by atoms with van der Waals surface area (Å²) in [7, 11) is -3.68. The Morgan fingerprint density at radius 2 is 1.66 bits per heavy atom. The van der Waals surface area contributed by atoms with Gasteiger partial charge in [-0.15, -0.1) is 0 Å². The number of fused-ring (bicyclic) bond motifs is 1. The number of imidazole rings is 1. The van der Waals surface area contributed by atoms with Crippen LogP contribution in [-0.2, 0) is 21.7 Å². The highest BCUT2D eigenvalue weighted by atomic mass is 32.2. The van der Waals surface area contributed by atoms with Gasteiger partial charge in [-0.1, -0.05) is 37.1 Å². The quantitative estimate of drug-likeness (QED) is 0.352. The zero-order chi connectivity index (χ0) is 24.5. The second-order valence-corrected chi connectivity index (χ2v) is 10.9. The minimum atomic E-state index is -3.68. The van der Waals surface area contributed by atoms with E-state index in [9.17, 15) is 18.5 Å². The highest BCUT2D eigenvalue weighted by molar-refractivity contribution is 7.91. The van der Waals surface area contributed by atoms with Crippen molar-refractivity contribution >= 4 is 21.4 Å². The van der Waals surface area contributed by atoms with Gasteiger partial charge in [-0.25, -0.2) is 18.4 Å². The lowest BCUT2D eigenvalue weighted by molar-refractivity contribution is 0.0982. The highest BCUT2D eigenvalue weighted by Gasteiger charge is 2.35. The molecule has 2 aromatic heterocycles. The number of nitriles is 1. The summed E-state index contributed by atoms with van der Waals surface area (Å²) < 4.78 is 28.0. The van der Waals surface area contributed by atoms with Crippen molar-refractivity contribution in [2.45, 2.75) is 53.7 Å². The van der Waals surface area contributed by atoms with E-state index in [0.717, 1.165) is 36.8 Å². The molecule has 0 radical (unpaired) electrons. The maximum atomic E-state index is 13.1. The summed E-state index contributed by atoms with van der Waals surface area (Å²) >= 11 is 0. The number of carbonyl (C=O) groups is 1. The van der Waals surface area contributed by atoms with Crippen molar-refractivity contribution in [3.8, 4) is 6.07 Å². The lowest BCUT2D eigenvalue weighted by Gasteiger charge is -2.20. The van der Waals surface area contributed by atoms with E-state index in [4.69, 9.17) is 0 Å². The molecule has 7 nitrogen and oxygen atoms in total. The fourth-order valence-corrected chi connectivity index (χ4v) is 5.99. The summed E-state index contributed by atoms with van der Waals surface area (Å²) in [6.45, 7) is 0. The molecule has 35 heavy (non-hydrogen) atoms. The highest BCUT2D eigenvalue weighted by Crippen LogP contribution is 2.40. The lowest BCUT2D eigenvalue weighted by Crippen LogP contribution is -2.19. The van der Waals surface area contributed by atoms with Gasteiger partial charge in [-0.05, 0) is 54.7 Å². The molecule has 0 amide bonds. The Kier molecular flexibility index (Phi) is 5.95. The summed E-state index contributed by atoms with van der Waals surface area (Å²) in [5.74, 6) is 0.499. The minimum Gasteiger partial charge on any atom is -0.294 e. The van der Waals surface area contributed by atoms with Gasteiger partial charge in [-0.2, -0.15) is 5.26 Å². The van der Waals surface area contributed by atoms with Crippen LogP contribution in [0.15, 0.2) is 83.1 Å². The fraction of sp³-hybridized carbons (Fsp3) is 0.259. The van der Waals surface area contributed by atoms with E-state index in [-0.39, 0.29) is 22.0 Å². The van der Waals surface area contributed by atoms with Crippen LogP contribution in [0.4, 0.5) is 0 Å².